The lowest BCUT2D eigenvalue weighted by molar-refractivity contribution is -0.139. The molecule has 0 saturated heterocycles. The maximum atomic E-state index is 11.1. The number of anilines is 2. The van der Waals surface area contributed by atoms with E-state index in [4.69, 9.17) is 21.7 Å². The molecule has 6 N–H and O–H groups in total. The first-order valence-electron chi connectivity index (χ1n) is 7.79. The van der Waals surface area contributed by atoms with Gasteiger partial charge in [0, 0.05) is 21.2 Å². The van der Waals surface area contributed by atoms with Gasteiger partial charge in [0.1, 0.15) is 0 Å². The fourth-order valence-electron chi connectivity index (χ4n) is 2.20. The molecule has 0 aliphatic carbocycles. The minimum Gasteiger partial charge on any atom is -0.481 e. The van der Waals surface area contributed by atoms with Crippen LogP contribution in [0.2, 0.25) is 0 Å². The van der Waals surface area contributed by atoms with Crippen LogP contribution in [0.25, 0.3) is 0 Å². The van der Waals surface area contributed by atoms with Crippen molar-refractivity contribution in [2.24, 2.45) is 0 Å². The van der Waals surface area contributed by atoms with Crippen molar-refractivity contribution in [3.63, 3.8) is 0 Å². The Hall–Kier alpha value is -2.32. The van der Waals surface area contributed by atoms with Gasteiger partial charge in [-0.15, -0.1) is 0 Å². The van der Waals surface area contributed by atoms with E-state index in [2.05, 4.69) is 0 Å². The summed E-state index contributed by atoms with van der Waals surface area (Å²) in [7, 11) is 2.82. The van der Waals surface area contributed by atoms with Gasteiger partial charge in [0.25, 0.3) is 0 Å². The van der Waals surface area contributed by atoms with Crippen molar-refractivity contribution in [2.45, 2.75) is 35.5 Å². The van der Waals surface area contributed by atoms with E-state index in [0.29, 0.717) is 22.5 Å². The summed E-state index contributed by atoms with van der Waals surface area (Å²) in [5.41, 5.74) is 14.4. The number of benzene rings is 2. The van der Waals surface area contributed by atoms with Crippen molar-refractivity contribution in [1.82, 2.24) is 0 Å². The Morgan fingerprint density at radius 3 is 1.42 bits per heavy atom. The van der Waals surface area contributed by atoms with Gasteiger partial charge in [-0.1, -0.05) is 33.7 Å². The van der Waals surface area contributed by atoms with E-state index in [1.807, 2.05) is 0 Å². The second-order valence-corrected chi connectivity index (χ2v) is 8.09. The van der Waals surface area contributed by atoms with Crippen molar-refractivity contribution < 1.29 is 19.8 Å². The highest BCUT2D eigenvalue weighted by Crippen LogP contribution is 2.43. The van der Waals surface area contributed by atoms with Crippen LogP contribution < -0.4 is 11.5 Å². The molecular formula is C18H20N2O4S2. The lowest BCUT2D eigenvalue weighted by Crippen LogP contribution is -2.08. The number of nitrogens with two attached hydrogens (primary N) is 2. The van der Waals surface area contributed by atoms with Gasteiger partial charge in [-0.2, -0.15) is 0 Å². The van der Waals surface area contributed by atoms with Gasteiger partial charge in [0.2, 0.25) is 0 Å². The molecule has 2 aromatic rings. The Bertz CT molecular complexity index is 772. The molecule has 6 nitrogen and oxygen atoms in total. The van der Waals surface area contributed by atoms with Crippen LogP contribution in [-0.4, -0.2) is 22.2 Å². The molecule has 0 unspecified atom stereocenters. The summed E-state index contributed by atoms with van der Waals surface area (Å²) >= 11 is 0. The topological polar surface area (TPSA) is 127 Å². The number of carboxylic acid groups (broad SMARTS) is 2. The summed E-state index contributed by atoms with van der Waals surface area (Å²) < 4.78 is 0. The number of nitrogen functional groups attached to an aromatic ring is 2. The first kappa shape index (κ1) is 20.0. The molecule has 26 heavy (non-hydrogen) atoms. The van der Waals surface area contributed by atoms with Gasteiger partial charge in [0.15, 0.2) is 0 Å². The number of carbonyl (C=O) groups is 2. The SMILES string of the molecule is C[C@@H](C(=O)O)c1ccc(SSc2ccc([C@@H](C)C(=O)O)cc2N)c(N)c1. The number of hydrogen-bond donors (Lipinski definition) is 4. The van der Waals surface area contributed by atoms with Crippen molar-refractivity contribution in [2.75, 3.05) is 11.5 Å². The smallest absolute Gasteiger partial charge is 0.310 e. The van der Waals surface area contributed by atoms with Crippen LogP contribution in [0, 0.1) is 0 Å². The van der Waals surface area contributed by atoms with Crippen LogP contribution in [-0.2, 0) is 9.59 Å². The third-order valence-corrected chi connectivity index (χ3v) is 6.54. The van der Waals surface area contributed by atoms with Crippen molar-refractivity contribution in [3.05, 3.63) is 47.5 Å². The molecule has 2 aromatic carbocycles. The molecule has 138 valence electrons. The summed E-state index contributed by atoms with van der Waals surface area (Å²) in [6.07, 6.45) is 0. The highest BCUT2D eigenvalue weighted by molar-refractivity contribution is 8.76. The Morgan fingerprint density at radius 1 is 0.808 bits per heavy atom. The molecule has 0 heterocycles. The lowest BCUT2D eigenvalue weighted by atomic mass is 10.0. The lowest BCUT2D eigenvalue weighted by Gasteiger charge is -2.12. The molecule has 8 heteroatoms. The minimum absolute atomic E-state index is 0.503. The summed E-state index contributed by atoms with van der Waals surface area (Å²) in [5.74, 6) is -3.04. The molecule has 0 aromatic heterocycles. The first-order chi connectivity index (χ1) is 12.2. The maximum absolute atomic E-state index is 11.1. The molecular weight excluding hydrogens is 372 g/mol. The molecule has 0 radical (unpaired) electrons. The average molecular weight is 393 g/mol. The second kappa shape index (κ2) is 8.37. The van der Waals surface area contributed by atoms with Gasteiger partial charge in [-0.05, 0) is 49.2 Å². The molecule has 0 bridgehead atoms. The minimum atomic E-state index is -0.900. The molecule has 0 spiro atoms. The summed E-state index contributed by atoms with van der Waals surface area (Å²) in [4.78, 5) is 23.7. The zero-order valence-electron chi connectivity index (χ0n) is 14.3. The summed E-state index contributed by atoms with van der Waals surface area (Å²) in [6, 6.07) is 10.4. The predicted molar refractivity (Wildman–Crippen MR) is 106 cm³/mol. The maximum Gasteiger partial charge on any atom is 0.310 e. The van der Waals surface area contributed by atoms with Gasteiger partial charge in [0.05, 0.1) is 11.8 Å². The Morgan fingerprint density at radius 2 is 1.15 bits per heavy atom. The van der Waals surface area contributed by atoms with Gasteiger partial charge >= 0.3 is 11.9 Å². The van der Waals surface area contributed by atoms with Gasteiger partial charge in [-0.3, -0.25) is 9.59 Å². The Kier molecular flexibility index (Phi) is 6.44. The number of carboxylic acids is 2. The van der Waals surface area contributed by atoms with E-state index in [1.54, 1.807) is 50.2 Å². The normalized spacial score (nSPS) is 13.2. The monoisotopic (exact) mass is 392 g/mol. The molecule has 0 aliphatic heterocycles. The largest absolute Gasteiger partial charge is 0.481 e. The fraction of sp³-hybridized carbons (Fsp3) is 0.222. The number of rotatable bonds is 7. The fourth-order valence-corrected chi connectivity index (χ4v) is 4.39. The second-order valence-electron chi connectivity index (χ2n) is 5.88. The van der Waals surface area contributed by atoms with Crippen LogP contribution in [0.1, 0.15) is 36.8 Å². The zero-order valence-corrected chi connectivity index (χ0v) is 15.9. The number of hydrogen-bond acceptors (Lipinski definition) is 6. The summed E-state index contributed by atoms with van der Waals surface area (Å²) in [6.45, 7) is 3.22. The molecule has 2 rings (SSSR count). The number of aliphatic carboxylic acids is 2. The molecule has 0 aliphatic rings. The van der Waals surface area contributed by atoms with E-state index >= 15 is 0 Å². The summed E-state index contributed by atoms with van der Waals surface area (Å²) in [5, 5.41) is 18.1. The highest BCUT2D eigenvalue weighted by atomic mass is 33.1. The van der Waals surface area contributed by atoms with Crippen LogP contribution >= 0.6 is 21.6 Å². The molecule has 0 amide bonds. The van der Waals surface area contributed by atoms with Crippen LogP contribution in [0.3, 0.4) is 0 Å². The van der Waals surface area contributed by atoms with E-state index in [0.717, 1.165) is 9.79 Å². The van der Waals surface area contributed by atoms with Crippen molar-refractivity contribution >= 4 is 44.9 Å². The quantitative estimate of drug-likeness (QED) is 0.411. The standard InChI is InChI=1S/C18H20N2O4S2/c1-9(17(21)22)11-3-5-15(13(19)7-11)25-26-16-6-4-12(8-14(16)20)10(2)18(23)24/h3-10H,19-20H2,1-2H3,(H,21,22)(H,23,24)/t9-,10-/m1/s1. The highest BCUT2D eigenvalue weighted by Gasteiger charge is 2.16. The third-order valence-electron chi connectivity index (χ3n) is 4.03. The molecule has 2 atom stereocenters. The van der Waals surface area contributed by atoms with Crippen LogP contribution in [0.4, 0.5) is 11.4 Å². The first-order valence-corrected chi connectivity index (χ1v) is 9.94. The Labute approximate surface area is 159 Å². The van der Waals surface area contributed by atoms with Crippen LogP contribution in [0.5, 0.6) is 0 Å². The molecule has 0 saturated carbocycles. The van der Waals surface area contributed by atoms with Crippen molar-refractivity contribution in [1.29, 1.82) is 0 Å². The van der Waals surface area contributed by atoms with E-state index in [-0.39, 0.29) is 0 Å². The van der Waals surface area contributed by atoms with E-state index < -0.39 is 23.8 Å². The zero-order chi connectivity index (χ0) is 19.4. The average Bonchev–Trinajstić information content (AvgIpc) is 2.59. The van der Waals surface area contributed by atoms with E-state index in [1.165, 1.54) is 21.6 Å². The van der Waals surface area contributed by atoms with Crippen molar-refractivity contribution in [3.8, 4) is 0 Å². The van der Waals surface area contributed by atoms with E-state index in [9.17, 15) is 9.59 Å². The van der Waals surface area contributed by atoms with Gasteiger partial charge in [-0.25, -0.2) is 0 Å². The predicted octanol–water partition coefficient (Wildman–Crippen LogP) is 4.03. The van der Waals surface area contributed by atoms with Gasteiger partial charge < -0.3 is 21.7 Å². The Balaban J connectivity index is 2.11. The van der Waals surface area contributed by atoms with Crippen LogP contribution in [0.15, 0.2) is 46.2 Å². The third kappa shape index (κ3) is 4.64. The molecule has 0 fully saturated rings.